The molecule has 0 aliphatic rings. The molecule has 0 aliphatic carbocycles. The van der Waals surface area contributed by atoms with Gasteiger partial charge in [0, 0.05) is 12.4 Å². The molecule has 0 bridgehead atoms. The lowest BCUT2D eigenvalue weighted by Gasteiger charge is -2.23. The first-order valence-corrected chi connectivity index (χ1v) is 5.45. The van der Waals surface area contributed by atoms with Crippen LogP contribution in [0.25, 0.3) is 0 Å². The fourth-order valence-electron chi connectivity index (χ4n) is 1.77. The number of hydrogen-bond acceptors (Lipinski definition) is 4. The molecule has 2 atom stereocenters. The maximum absolute atomic E-state index is 11.7. The quantitative estimate of drug-likeness (QED) is 0.757. The fraction of sp³-hybridized carbons (Fsp3) is 0.636. The van der Waals surface area contributed by atoms with Crippen LogP contribution in [0.15, 0.2) is 12.4 Å². The number of esters is 1. The molecule has 1 aromatic heterocycles. The molecular formula is C11H19N3O2. The van der Waals surface area contributed by atoms with Crippen LogP contribution in [-0.2, 0) is 9.53 Å². The van der Waals surface area contributed by atoms with Gasteiger partial charge in [-0.1, -0.05) is 0 Å². The summed E-state index contributed by atoms with van der Waals surface area (Å²) in [4.78, 5) is 15.8. The minimum atomic E-state index is -0.354. The summed E-state index contributed by atoms with van der Waals surface area (Å²) in [5.41, 5.74) is 0. The van der Waals surface area contributed by atoms with Crippen LogP contribution in [0.3, 0.4) is 0 Å². The van der Waals surface area contributed by atoms with Gasteiger partial charge in [0.25, 0.3) is 0 Å². The Balaban J connectivity index is 2.81. The Morgan fingerprint density at radius 2 is 2.38 bits per heavy atom. The first-order valence-electron chi connectivity index (χ1n) is 5.45. The van der Waals surface area contributed by atoms with E-state index >= 15 is 0 Å². The van der Waals surface area contributed by atoms with E-state index in [1.165, 1.54) is 0 Å². The van der Waals surface area contributed by atoms with E-state index < -0.39 is 0 Å². The fourth-order valence-corrected chi connectivity index (χ4v) is 1.77. The zero-order chi connectivity index (χ0) is 12.1. The Kier molecular flexibility index (Phi) is 4.49. The van der Waals surface area contributed by atoms with Gasteiger partial charge in [0.1, 0.15) is 11.9 Å². The van der Waals surface area contributed by atoms with Crippen LogP contribution >= 0.6 is 0 Å². The summed E-state index contributed by atoms with van der Waals surface area (Å²) in [5, 5.41) is 2.98. The number of aromatic nitrogens is 2. The van der Waals surface area contributed by atoms with Crippen LogP contribution in [0.4, 0.5) is 0 Å². The number of likely N-dealkylation sites (N-methyl/N-ethyl adjacent to an activating group) is 1. The standard InChI is InChI=1S/C11H19N3O2/c1-5-16-11(15)10(12-4)8(2)14-7-6-13-9(14)3/h6-8,10,12H,5H2,1-4H3. The predicted molar refractivity (Wildman–Crippen MR) is 61.2 cm³/mol. The Bertz CT molecular complexity index is 349. The number of nitrogens with one attached hydrogen (secondary N) is 1. The highest BCUT2D eigenvalue weighted by Crippen LogP contribution is 2.14. The third-order valence-corrected chi connectivity index (χ3v) is 2.64. The van der Waals surface area contributed by atoms with E-state index in [1.54, 1.807) is 20.2 Å². The zero-order valence-electron chi connectivity index (χ0n) is 10.2. The molecule has 0 saturated heterocycles. The summed E-state index contributed by atoms with van der Waals surface area (Å²) in [6, 6.07) is -0.376. The van der Waals surface area contributed by atoms with Crippen molar-refractivity contribution in [1.29, 1.82) is 0 Å². The summed E-state index contributed by atoms with van der Waals surface area (Å²) in [6.45, 7) is 6.07. The number of imidazole rings is 1. The Hall–Kier alpha value is -1.36. The first kappa shape index (κ1) is 12.7. The second-order valence-corrected chi connectivity index (χ2v) is 3.64. The maximum Gasteiger partial charge on any atom is 0.325 e. The molecule has 16 heavy (non-hydrogen) atoms. The SMILES string of the molecule is CCOC(=O)C(NC)C(C)n1ccnc1C. The van der Waals surface area contributed by atoms with Gasteiger partial charge in [0.2, 0.25) is 0 Å². The van der Waals surface area contributed by atoms with Crippen LogP contribution in [0.2, 0.25) is 0 Å². The van der Waals surface area contributed by atoms with Gasteiger partial charge in [-0.15, -0.1) is 0 Å². The second kappa shape index (κ2) is 5.65. The number of aryl methyl sites for hydroxylation is 1. The molecule has 1 rings (SSSR count). The van der Waals surface area contributed by atoms with Crippen molar-refractivity contribution >= 4 is 5.97 Å². The number of rotatable bonds is 5. The molecule has 0 aliphatic heterocycles. The Morgan fingerprint density at radius 3 is 2.81 bits per heavy atom. The minimum Gasteiger partial charge on any atom is -0.465 e. The van der Waals surface area contributed by atoms with E-state index in [0.29, 0.717) is 6.61 Å². The molecule has 0 aromatic carbocycles. The monoisotopic (exact) mass is 225 g/mol. The molecule has 0 radical (unpaired) electrons. The van der Waals surface area contributed by atoms with Gasteiger partial charge >= 0.3 is 5.97 Å². The van der Waals surface area contributed by atoms with Crippen molar-refractivity contribution in [2.24, 2.45) is 0 Å². The highest BCUT2D eigenvalue weighted by atomic mass is 16.5. The molecule has 2 unspecified atom stereocenters. The molecule has 0 spiro atoms. The molecule has 1 N–H and O–H groups in total. The van der Waals surface area contributed by atoms with Gasteiger partial charge < -0.3 is 14.6 Å². The second-order valence-electron chi connectivity index (χ2n) is 3.64. The van der Waals surface area contributed by atoms with Gasteiger partial charge in [-0.05, 0) is 27.8 Å². The first-order chi connectivity index (χ1) is 7.61. The summed E-state index contributed by atoms with van der Waals surface area (Å²) < 4.78 is 6.98. The summed E-state index contributed by atoms with van der Waals surface area (Å²) in [7, 11) is 1.75. The molecule has 1 aromatic rings. The number of nitrogens with zero attached hydrogens (tertiary/aromatic N) is 2. The van der Waals surface area contributed by atoms with Crippen LogP contribution in [0.1, 0.15) is 25.7 Å². The molecule has 0 fully saturated rings. The number of ether oxygens (including phenoxy) is 1. The van der Waals surface area contributed by atoms with E-state index in [-0.39, 0.29) is 18.1 Å². The van der Waals surface area contributed by atoms with Gasteiger partial charge in [-0.2, -0.15) is 0 Å². The van der Waals surface area contributed by atoms with E-state index in [2.05, 4.69) is 10.3 Å². The van der Waals surface area contributed by atoms with Gasteiger partial charge in [0.05, 0.1) is 12.6 Å². The van der Waals surface area contributed by atoms with Crippen LogP contribution in [0.5, 0.6) is 0 Å². The largest absolute Gasteiger partial charge is 0.465 e. The summed E-state index contributed by atoms with van der Waals surface area (Å²) in [5.74, 6) is 0.655. The average Bonchev–Trinajstić information content (AvgIpc) is 2.65. The number of hydrogen-bond donors (Lipinski definition) is 1. The lowest BCUT2D eigenvalue weighted by atomic mass is 10.1. The van der Waals surface area contributed by atoms with E-state index in [1.807, 2.05) is 24.6 Å². The van der Waals surface area contributed by atoms with Crippen molar-refractivity contribution in [2.75, 3.05) is 13.7 Å². The van der Waals surface area contributed by atoms with Crippen molar-refractivity contribution in [3.05, 3.63) is 18.2 Å². The van der Waals surface area contributed by atoms with Crippen LogP contribution in [0, 0.1) is 6.92 Å². The summed E-state index contributed by atoms with van der Waals surface area (Å²) in [6.07, 6.45) is 3.59. The number of carbonyl (C=O) groups excluding carboxylic acids is 1. The van der Waals surface area contributed by atoms with Crippen molar-refractivity contribution < 1.29 is 9.53 Å². The summed E-state index contributed by atoms with van der Waals surface area (Å²) >= 11 is 0. The Morgan fingerprint density at radius 1 is 1.69 bits per heavy atom. The van der Waals surface area contributed by atoms with Crippen LogP contribution < -0.4 is 5.32 Å². The van der Waals surface area contributed by atoms with Gasteiger partial charge in [-0.3, -0.25) is 4.79 Å². The van der Waals surface area contributed by atoms with E-state index in [9.17, 15) is 4.79 Å². The van der Waals surface area contributed by atoms with Gasteiger partial charge in [0.15, 0.2) is 0 Å². The lowest BCUT2D eigenvalue weighted by molar-refractivity contribution is -0.146. The molecule has 0 saturated carbocycles. The number of carbonyl (C=O) groups is 1. The smallest absolute Gasteiger partial charge is 0.325 e. The third-order valence-electron chi connectivity index (χ3n) is 2.64. The van der Waals surface area contributed by atoms with Crippen molar-refractivity contribution in [1.82, 2.24) is 14.9 Å². The molecular weight excluding hydrogens is 206 g/mol. The molecule has 90 valence electrons. The van der Waals surface area contributed by atoms with E-state index in [0.717, 1.165) is 5.82 Å². The normalized spacial score (nSPS) is 14.5. The van der Waals surface area contributed by atoms with Crippen molar-refractivity contribution in [3.63, 3.8) is 0 Å². The molecule has 5 heteroatoms. The third kappa shape index (κ3) is 2.61. The van der Waals surface area contributed by atoms with Crippen molar-refractivity contribution in [2.45, 2.75) is 32.9 Å². The molecule has 1 heterocycles. The zero-order valence-corrected chi connectivity index (χ0v) is 10.2. The lowest BCUT2D eigenvalue weighted by Crippen LogP contribution is -2.42. The Labute approximate surface area is 95.8 Å². The maximum atomic E-state index is 11.7. The topological polar surface area (TPSA) is 56.1 Å². The highest BCUT2D eigenvalue weighted by molar-refractivity contribution is 5.76. The minimum absolute atomic E-state index is 0.0217. The van der Waals surface area contributed by atoms with Crippen LogP contribution in [-0.4, -0.2) is 35.2 Å². The molecule has 0 amide bonds. The average molecular weight is 225 g/mol. The highest BCUT2D eigenvalue weighted by Gasteiger charge is 2.26. The predicted octanol–water partition coefficient (Wildman–Crippen LogP) is 0.904. The van der Waals surface area contributed by atoms with E-state index in [4.69, 9.17) is 4.74 Å². The molecule has 5 nitrogen and oxygen atoms in total. The van der Waals surface area contributed by atoms with Gasteiger partial charge in [-0.25, -0.2) is 4.98 Å². The van der Waals surface area contributed by atoms with Crippen molar-refractivity contribution in [3.8, 4) is 0 Å².